The van der Waals surface area contributed by atoms with E-state index < -0.39 is 50.2 Å². The number of hydrogen-bond donors (Lipinski definition) is 4. The summed E-state index contributed by atoms with van der Waals surface area (Å²) in [5.41, 5.74) is -2.67. The molecule has 0 aliphatic rings. The lowest BCUT2D eigenvalue weighted by molar-refractivity contribution is -0.172. The van der Waals surface area contributed by atoms with Crippen molar-refractivity contribution in [2.75, 3.05) is 0 Å². The SMILES string of the molecule is O=C(O)CC(O)(CC(=O)OC(c1ccccc1)[P+](=O)O)C(=O)O. The summed E-state index contributed by atoms with van der Waals surface area (Å²) in [4.78, 5) is 42.5. The van der Waals surface area contributed by atoms with Crippen LogP contribution in [0.25, 0.3) is 0 Å². The molecule has 0 saturated heterocycles. The summed E-state index contributed by atoms with van der Waals surface area (Å²) >= 11 is 0. The summed E-state index contributed by atoms with van der Waals surface area (Å²) < 4.78 is 16.0. The van der Waals surface area contributed by atoms with Crippen LogP contribution >= 0.6 is 8.03 Å². The molecule has 0 bridgehead atoms. The Kier molecular flexibility index (Phi) is 6.32. The van der Waals surface area contributed by atoms with Crippen molar-refractivity contribution >= 4 is 25.9 Å². The second-order valence-electron chi connectivity index (χ2n) is 4.64. The summed E-state index contributed by atoms with van der Waals surface area (Å²) in [6.07, 6.45) is -2.40. The smallest absolute Gasteiger partial charge is 0.481 e. The minimum absolute atomic E-state index is 0.196. The number of carbonyl (C=O) groups is 3. The monoisotopic (exact) mass is 345 g/mol. The lowest BCUT2D eigenvalue weighted by Gasteiger charge is -2.20. The highest BCUT2D eigenvalue weighted by molar-refractivity contribution is 7.38. The van der Waals surface area contributed by atoms with Gasteiger partial charge in [-0.15, -0.1) is 0 Å². The van der Waals surface area contributed by atoms with E-state index in [1.54, 1.807) is 6.07 Å². The van der Waals surface area contributed by atoms with Gasteiger partial charge in [0.1, 0.15) is 0 Å². The Hall–Kier alpha value is -2.35. The Bertz CT molecular complexity index is 615. The van der Waals surface area contributed by atoms with Gasteiger partial charge < -0.3 is 20.1 Å². The zero-order valence-corrected chi connectivity index (χ0v) is 12.6. The number of carboxylic acids is 2. The Morgan fingerprint density at radius 2 is 1.70 bits per heavy atom. The molecular weight excluding hydrogens is 331 g/mol. The Labute approximate surface area is 131 Å². The first-order chi connectivity index (χ1) is 10.7. The van der Waals surface area contributed by atoms with Gasteiger partial charge in [0, 0.05) is 5.56 Å². The molecule has 0 aromatic heterocycles. The lowest BCUT2D eigenvalue weighted by Crippen LogP contribution is -2.43. The van der Waals surface area contributed by atoms with Gasteiger partial charge >= 0.3 is 31.8 Å². The van der Waals surface area contributed by atoms with Crippen LogP contribution in [0.1, 0.15) is 24.3 Å². The van der Waals surface area contributed by atoms with Crippen LogP contribution in [0.15, 0.2) is 30.3 Å². The fourth-order valence-corrected chi connectivity index (χ4v) is 2.36. The highest BCUT2D eigenvalue weighted by Gasteiger charge is 2.43. The molecule has 0 saturated carbocycles. The number of esters is 1. The molecule has 10 heteroatoms. The van der Waals surface area contributed by atoms with Gasteiger partial charge in [0.2, 0.25) is 0 Å². The minimum atomic E-state index is -2.98. The van der Waals surface area contributed by atoms with Gasteiger partial charge in [0.25, 0.3) is 0 Å². The number of rotatable bonds is 8. The fraction of sp³-hybridized carbons (Fsp3) is 0.308. The van der Waals surface area contributed by atoms with E-state index >= 15 is 0 Å². The number of benzene rings is 1. The van der Waals surface area contributed by atoms with Crippen molar-refractivity contribution in [1.29, 1.82) is 0 Å². The number of ether oxygens (including phenoxy) is 1. The van der Waals surface area contributed by atoms with Gasteiger partial charge in [-0.25, -0.2) is 4.79 Å². The second kappa shape index (κ2) is 7.77. The molecule has 23 heavy (non-hydrogen) atoms. The standard InChI is InChI=1S/C13H13O9P/c14-9(15)6-13(19,12(17)18)7-10(16)22-11(23(20)21)8-4-2-1-3-5-8/h1-5,11,19H,6-7H2,(H2-,14,15,17,18,20,21)/p+1. The van der Waals surface area contributed by atoms with Crippen LogP contribution in [-0.4, -0.2) is 43.7 Å². The van der Waals surface area contributed by atoms with E-state index in [0.29, 0.717) is 0 Å². The van der Waals surface area contributed by atoms with E-state index in [1.807, 2.05) is 0 Å². The van der Waals surface area contributed by atoms with Gasteiger partial charge in [-0.3, -0.25) is 9.59 Å². The van der Waals surface area contributed by atoms with E-state index in [1.165, 1.54) is 24.3 Å². The minimum Gasteiger partial charge on any atom is -0.481 e. The third-order valence-corrected chi connectivity index (χ3v) is 3.61. The van der Waals surface area contributed by atoms with E-state index in [4.69, 9.17) is 14.9 Å². The average Bonchev–Trinajstić information content (AvgIpc) is 2.44. The van der Waals surface area contributed by atoms with Gasteiger partial charge in [0.05, 0.1) is 12.8 Å². The number of hydrogen-bond acceptors (Lipinski definition) is 6. The number of carbonyl (C=O) groups excluding carboxylic acids is 1. The zero-order chi connectivity index (χ0) is 17.6. The molecule has 4 N–H and O–H groups in total. The third-order valence-electron chi connectivity index (χ3n) is 2.81. The first kappa shape index (κ1) is 18.7. The number of carboxylic acid groups (broad SMARTS) is 2. The van der Waals surface area contributed by atoms with Crippen LogP contribution in [0.2, 0.25) is 0 Å². The molecular formula is C13H14O9P+. The van der Waals surface area contributed by atoms with Gasteiger partial charge in [0.15, 0.2) is 5.60 Å². The fourth-order valence-electron chi connectivity index (χ4n) is 1.73. The largest absolute Gasteiger partial charge is 0.556 e. The molecule has 1 rings (SSSR count). The summed E-state index contributed by atoms with van der Waals surface area (Å²) in [7, 11) is -2.98. The number of aliphatic carboxylic acids is 2. The lowest BCUT2D eigenvalue weighted by atomic mass is 9.96. The Morgan fingerprint density at radius 1 is 1.13 bits per heavy atom. The number of aliphatic hydroxyl groups is 1. The van der Waals surface area contributed by atoms with Crippen LogP contribution in [0.3, 0.4) is 0 Å². The van der Waals surface area contributed by atoms with Crippen molar-refractivity contribution in [2.24, 2.45) is 0 Å². The molecule has 0 spiro atoms. The van der Waals surface area contributed by atoms with Crippen LogP contribution in [0.5, 0.6) is 0 Å². The highest BCUT2D eigenvalue weighted by Crippen LogP contribution is 2.39. The molecule has 1 aromatic rings. The molecule has 0 aliphatic carbocycles. The van der Waals surface area contributed by atoms with Crippen molar-refractivity contribution in [1.82, 2.24) is 0 Å². The van der Waals surface area contributed by atoms with E-state index in [0.717, 1.165) is 0 Å². The van der Waals surface area contributed by atoms with Crippen LogP contribution < -0.4 is 0 Å². The third kappa shape index (κ3) is 5.41. The van der Waals surface area contributed by atoms with E-state index in [-0.39, 0.29) is 5.56 Å². The molecule has 9 nitrogen and oxygen atoms in total. The van der Waals surface area contributed by atoms with E-state index in [2.05, 4.69) is 0 Å². The quantitative estimate of drug-likeness (QED) is 0.392. The van der Waals surface area contributed by atoms with Gasteiger partial charge in [-0.2, -0.15) is 4.89 Å². The predicted octanol–water partition coefficient (Wildman–Crippen LogP) is 0.644. The molecule has 3 atom stereocenters. The van der Waals surface area contributed by atoms with Crippen LogP contribution in [0.4, 0.5) is 0 Å². The summed E-state index contributed by atoms with van der Waals surface area (Å²) in [5, 5.41) is 27.2. The van der Waals surface area contributed by atoms with Gasteiger partial charge in [-0.05, 0) is 4.57 Å². The van der Waals surface area contributed by atoms with Crippen molar-refractivity contribution in [3.63, 3.8) is 0 Å². The Morgan fingerprint density at radius 3 is 2.13 bits per heavy atom. The first-order valence-corrected chi connectivity index (χ1v) is 7.51. The van der Waals surface area contributed by atoms with E-state index in [9.17, 15) is 28.9 Å². The Balaban J connectivity index is 2.89. The molecule has 0 aliphatic heterocycles. The molecule has 0 fully saturated rings. The highest BCUT2D eigenvalue weighted by atomic mass is 31.1. The first-order valence-electron chi connectivity index (χ1n) is 6.23. The normalized spacial score (nSPS) is 15.1. The van der Waals surface area contributed by atoms with Crippen LogP contribution in [-0.2, 0) is 23.7 Å². The van der Waals surface area contributed by atoms with Gasteiger partial charge in [-0.1, -0.05) is 30.3 Å². The zero-order valence-electron chi connectivity index (χ0n) is 11.7. The molecule has 124 valence electrons. The van der Waals surface area contributed by atoms with Crippen molar-refractivity contribution in [2.45, 2.75) is 24.3 Å². The molecule has 0 radical (unpaired) electrons. The van der Waals surface area contributed by atoms with Crippen molar-refractivity contribution < 1.29 is 43.9 Å². The maximum atomic E-state index is 11.8. The van der Waals surface area contributed by atoms with Crippen LogP contribution in [0, 0.1) is 0 Å². The van der Waals surface area contributed by atoms with Crippen molar-refractivity contribution in [3.05, 3.63) is 35.9 Å². The topological polar surface area (TPSA) is 158 Å². The second-order valence-corrected chi connectivity index (χ2v) is 5.71. The molecule has 0 amide bonds. The van der Waals surface area contributed by atoms with Crippen molar-refractivity contribution in [3.8, 4) is 0 Å². The summed E-state index contributed by atoms with van der Waals surface area (Å²) in [5.74, 6) is -6.42. The summed E-state index contributed by atoms with van der Waals surface area (Å²) in [6.45, 7) is 0. The predicted molar refractivity (Wildman–Crippen MR) is 74.6 cm³/mol. The summed E-state index contributed by atoms with van der Waals surface area (Å²) in [6, 6.07) is 7.53. The molecule has 3 unspecified atom stereocenters. The maximum Gasteiger partial charge on any atom is 0.556 e. The maximum absolute atomic E-state index is 11.8. The molecule has 0 heterocycles. The molecule has 1 aromatic carbocycles. The average molecular weight is 345 g/mol.